The molecule has 2 N–H and O–H groups in total. The van der Waals surface area contributed by atoms with E-state index in [1.807, 2.05) is 10.8 Å². The summed E-state index contributed by atoms with van der Waals surface area (Å²) in [6, 6.07) is 1.80. The minimum atomic E-state index is -1.03. The van der Waals surface area contributed by atoms with E-state index in [0.717, 1.165) is 19.3 Å². The van der Waals surface area contributed by atoms with Crippen LogP contribution in [-0.4, -0.2) is 39.5 Å². The summed E-state index contributed by atoms with van der Waals surface area (Å²) in [6.45, 7) is 2.48. The molecule has 1 fully saturated rings. The Morgan fingerprint density at radius 1 is 1.27 bits per heavy atom. The van der Waals surface area contributed by atoms with Crippen LogP contribution in [0.5, 0.6) is 0 Å². The Balaban J connectivity index is 1.42. The van der Waals surface area contributed by atoms with E-state index in [2.05, 4.69) is 22.8 Å². The molecule has 0 spiro atoms. The maximum Gasteiger partial charge on any atom is 0.508 e. The van der Waals surface area contributed by atoms with E-state index in [1.165, 1.54) is 32.1 Å². The molecule has 8 nitrogen and oxygen atoms in total. The van der Waals surface area contributed by atoms with E-state index in [0.29, 0.717) is 36.3 Å². The number of ether oxygens (including phenoxy) is 3. The van der Waals surface area contributed by atoms with Gasteiger partial charge in [0.2, 0.25) is 5.28 Å². The van der Waals surface area contributed by atoms with Crippen molar-refractivity contribution in [2.75, 3.05) is 18.9 Å². The van der Waals surface area contributed by atoms with E-state index in [-0.39, 0.29) is 18.1 Å². The molecule has 0 bridgehead atoms. The minimum absolute atomic E-state index is 0.0590. The molecule has 1 aliphatic heterocycles. The lowest BCUT2D eigenvalue weighted by molar-refractivity contribution is -0.0730. The fourth-order valence-corrected chi connectivity index (χ4v) is 4.23. The lowest BCUT2D eigenvalue weighted by Crippen LogP contribution is -2.34. The maximum absolute atomic E-state index is 12.0. The molecule has 0 aromatic carbocycles. The van der Waals surface area contributed by atoms with Crippen molar-refractivity contribution < 1.29 is 19.0 Å². The molecule has 2 aromatic heterocycles. The maximum atomic E-state index is 12.0. The van der Waals surface area contributed by atoms with Gasteiger partial charge in [0.1, 0.15) is 24.3 Å². The van der Waals surface area contributed by atoms with Gasteiger partial charge < -0.3 is 24.5 Å². The first-order valence-corrected chi connectivity index (χ1v) is 12.1. The summed E-state index contributed by atoms with van der Waals surface area (Å²) < 4.78 is 18.4. The Morgan fingerprint density at radius 2 is 2.00 bits per heavy atom. The first-order valence-electron chi connectivity index (χ1n) is 11.7. The average Bonchev–Trinajstić information content (AvgIpc) is 3.41. The Hall–Kier alpha value is -2.50. The second-order valence-corrected chi connectivity index (χ2v) is 8.79. The van der Waals surface area contributed by atoms with Crippen molar-refractivity contribution >= 4 is 34.6 Å². The topological polar surface area (TPSA) is 101 Å². The predicted octanol–water partition coefficient (Wildman–Crippen LogP) is 5.64. The quantitative estimate of drug-likeness (QED) is 0.183. The van der Waals surface area contributed by atoms with Crippen LogP contribution in [0.3, 0.4) is 0 Å². The molecule has 0 aliphatic carbocycles. The number of hydrogen-bond donors (Lipinski definition) is 1. The van der Waals surface area contributed by atoms with Gasteiger partial charge in [-0.05, 0) is 36.9 Å². The molecule has 0 saturated carbocycles. The van der Waals surface area contributed by atoms with Crippen molar-refractivity contribution in [3.63, 3.8) is 0 Å². The predicted molar refractivity (Wildman–Crippen MR) is 128 cm³/mol. The number of nitrogens with two attached hydrogens (primary N) is 1. The van der Waals surface area contributed by atoms with E-state index < -0.39 is 11.8 Å². The van der Waals surface area contributed by atoms with Crippen LogP contribution < -0.4 is 5.73 Å². The van der Waals surface area contributed by atoms with Crippen LogP contribution in [0.4, 0.5) is 10.6 Å². The second kappa shape index (κ2) is 12.1. The molecule has 3 heterocycles. The lowest BCUT2D eigenvalue weighted by atomic mass is 10.0. The molecular formula is C24H33ClN4O4. The highest BCUT2D eigenvalue weighted by Crippen LogP contribution is 2.38. The Labute approximate surface area is 200 Å². The van der Waals surface area contributed by atoms with Crippen LogP contribution in [0.25, 0.3) is 11.0 Å². The van der Waals surface area contributed by atoms with Crippen LogP contribution >= 0.6 is 11.6 Å². The van der Waals surface area contributed by atoms with Gasteiger partial charge in [0.15, 0.2) is 5.60 Å². The number of aromatic nitrogens is 3. The van der Waals surface area contributed by atoms with Crippen molar-refractivity contribution in [1.29, 1.82) is 0 Å². The normalized spacial score (nSPS) is 20.1. The average molecular weight is 477 g/mol. The molecule has 0 radical (unpaired) electrons. The minimum Gasteiger partial charge on any atom is -0.434 e. The van der Waals surface area contributed by atoms with Crippen molar-refractivity contribution in [3.05, 3.63) is 17.5 Å². The Bertz CT molecular complexity index is 973. The summed E-state index contributed by atoms with van der Waals surface area (Å²) in [6.07, 6.45) is 17.0. The van der Waals surface area contributed by atoms with Crippen LogP contribution in [0.2, 0.25) is 5.28 Å². The number of hydrogen-bond acceptors (Lipinski definition) is 7. The molecule has 3 rings (SSSR count). The number of halogens is 1. The number of terminal acetylenes is 1. The van der Waals surface area contributed by atoms with Gasteiger partial charge in [0, 0.05) is 6.20 Å². The van der Waals surface area contributed by atoms with Gasteiger partial charge in [-0.1, -0.05) is 57.8 Å². The van der Waals surface area contributed by atoms with E-state index in [9.17, 15) is 4.79 Å². The summed E-state index contributed by atoms with van der Waals surface area (Å²) in [5.41, 5.74) is 5.47. The number of carbonyl (C=O) groups is 1. The van der Waals surface area contributed by atoms with E-state index in [1.54, 1.807) is 6.07 Å². The molecule has 1 unspecified atom stereocenters. The standard InChI is InChI=1S/C24H33ClN4O4/c1-3-5-6-7-8-9-10-11-16-31-23(30)32-17-24(4-2)14-12-19(33-24)29-15-13-18-20(26)27-22(25)28-21(18)29/h2,13,15,19H,3,5-12,14,16-17H2,1H3,(H2,26,27,28)/t19?,24-/m0/s1. The Kier molecular flexibility index (Phi) is 9.21. The highest BCUT2D eigenvalue weighted by molar-refractivity contribution is 6.28. The number of rotatable bonds is 12. The fourth-order valence-electron chi connectivity index (χ4n) is 4.05. The van der Waals surface area contributed by atoms with Crippen LogP contribution in [0.1, 0.15) is 77.4 Å². The SMILES string of the molecule is C#C[C@@]1(COC(=O)OCCCCCCCCCC)CCC(n2ccc3c(N)nc(Cl)nc32)O1. The van der Waals surface area contributed by atoms with Gasteiger partial charge in [-0.3, -0.25) is 0 Å². The number of nitrogen functional groups attached to an aromatic ring is 1. The monoisotopic (exact) mass is 476 g/mol. The zero-order valence-electron chi connectivity index (χ0n) is 19.2. The highest BCUT2D eigenvalue weighted by atomic mass is 35.5. The molecule has 0 amide bonds. The molecule has 2 atom stereocenters. The molecule has 2 aromatic rings. The van der Waals surface area contributed by atoms with Crippen molar-refractivity contribution in [1.82, 2.24) is 14.5 Å². The summed E-state index contributed by atoms with van der Waals surface area (Å²) in [7, 11) is 0. The zero-order chi connectivity index (χ0) is 23.7. The first-order chi connectivity index (χ1) is 16.0. The van der Waals surface area contributed by atoms with Gasteiger partial charge >= 0.3 is 6.16 Å². The lowest BCUT2D eigenvalue weighted by Gasteiger charge is -2.23. The van der Waals surface area contributed by atoms with Crippen molar-refractivity contribution in [3.8, 4) is 12.3 Å². The summed E-state index contributed by atoms with van der Waals surface area (Å²) >= 11 is 5.96. The summed E-state index contributed by atoms with van der Waals surface area (Å²) in [5.74, 6) is 2.95. The third kappa shape index (κ3) is 6.75. The zero-order valence-corrected chi connectivity index (χ0v) is 20.0. The first kappa shape index (κ1) is 25.1. The number of fused-ring (bicyclic) bond motifs is 1. The smallest absolute Gasteiger partial charge is 0.434 e. The number of nitrogens with zero attached hydrogens (tertiary/aromatic N) is 3. The fraction of sp³-hybridized carbons (Fsp3) is 0.625. The molecule has 33 heavy (non-hydrogen) atoms. The van der Waals surface area contributed by atoms with Gasteiger partial charge in [-0.2, -0.15) is 4.98 Å². The third-order valence-electron chi connectivity index (χ3n) is 5.95. The van der Waals surface area contributed by atoms with E-state index in [4.69, 9.17) is 38.0 Å². The number of anilines is 1. The summed E-state index contributed by atoms with van der Waals surface area (Å²) in [5, 5.41) is 0.741. The molecular weight excluding hydrogens is 444 g/mol. The summed E-state index contributed by atoms with van der Waals surface area (Å²) in [4.78, 5) is 20.2. The molecule has 1 saturated heterocycles. The van der Waals surface area contributed by atoms with Crippen LogP contribution in [0, 0.1) is 12.3 Å². The van der Waals surface area contributed by atoms with Gasteiger partial charge in [0.25, 0.3) is 0 Å². The van der Waals surface area contributed by atoms with Crippen LogP contribution in [-0.2, 0) is 14.2 Å². The highest BCUT2D eigenvalue weighted by Gasteiger charge is 2.41. The largest absolute Gasteiger partial charge is 0.508 e. The van der Waals surface area contributed by atoms with Gasteiger partial charge in [-0.25, -0.2) is 9.78 Å². The second-order valence-electron chi connectivity index (χ2n) is 8.45. The van der Waals surface area contributed by atoms with Crippen molar-refractivity contribution in [2.45, 2.75) is 83.0 Å². The van der Waals surface area contributed by atoms with Gasteiger partial charge in [-0.15, -0.1) is 6.42 Å². The number of carbonyl (C=O) groups excluding carboxylic acids is 1. The van der Waals surface area contributed by atoms with Crippen LogP contribution in [0.15, 0.2) is 12.3 Å². The Morgan fingerprint density at radius 3 is 2.73 bits per heavy atom. The van der Waals surface area contributed by atoms with Crippen molar-refractivity contribution in [2.24, 2.45) is 0 Å². The third-order valence-corrected chi connectivity index (χ3v) is 6.11. The van der Waals surface area contributed by atoms with E-state index >= 15 is 0 Å². The number of unbranched alkanes of at least 4 members (excludes halogenated alkanes) is 7. The molecule has 180 valence electrons. The molecule has 1 aliphatic rings. The molecule has 9 heteroatoms. The van der Waals surface area contributed by atoms with Gasteiger partial charge in [0.05, 0.1) is 12.0 Å².